The van der Waals surface area contributed by atoms with Gasteiger partial charge in [0.1, 0.15) is 5.75 Å². The van der Waals surface area contributed by atoms with Crippen LogP contribution in [0.15, 0.2) is 23.8 Å². The molecule has 0 fully saturated rings. The summed E-state index contributed by atoms with van der Waals surface area (Å²) in [4.78, 5) is 18.9. The van der Waals surface area contributed by atoms with Crippen LogP contribution in [0.5, 0.6) is 11.6 Å². The zero-order chi connectivity index (χ0) is 16.1. The van der Waals surface area contributed by atoms with Crippen molar-refractivity contribution in [1.82, 2.24) is 14.5 Å². The number of aromatic nitrogens is 3. The van der Waals surface area contributed by atoms with Crippen molar-refractivity contribution in [2.45, 2.75) is 6.92 Å². The highest BCUT2D eigenvalue weighted by molar-refractivity contribution is 7.21. The number of nitrogens with zero attached hydrogens (tertiary/aromatic N) is 4. The van der Waals surface area contributed by atoms with Crippen LogP contribution in [0.2, 0.25) is 0 Å². The van der Waals surface area contributed by atoms with Crippen LogP contribution in [0.4, 0.5) is 5.82 Å². The van der Waals surface area contributed by atoms with Crippen LogP contribution in [-0.4, -0.2) is 19.5 Å². The fraction of sp³-hybridized carbons (Fsp3) is 0.143. The van der Waals surface area contributed by atoms with Crippen molar-refractivity contribution < 1.29 is 9.66 Å². The molecule has 0 unspecified atom stereocenters. The number of rotatable bonds is 3. The van der Waals surface area contributed by atoms with Gasteiger partial charge in [0.25, 0.3) is 0 Å². The Morgan fingerprint density at radius 3 is 3.04 bits per heavy atom. The summed E-state index contributed by atoms with van der Waals surface area (Å²) in [6.45, 7) is 1.95. The minimum atomic E-state index is -0.546. The Balaban J connectivity index is 1.93. The first kappa shape index (κ1) is 14.1. The summed E-state index contributed by atoms with van der Waals surface area (Å²) >= 11 is 3.15. The third kappa shape index (κ3) is 2.16. The first-order valence-corrected chi connectivity index (χ1v) is 8.35. The van der Waals surface area contributed by atoms with Crippen molar-refractivity contribution >= 4 is 48.8 Å². The van der Waals surface area contributed by atoms with Gasteiger partial charge in [0.2, 0.25) is 6.33 Å². The van der Waals surface area contributed by atoms with Crippen LogP contribution < -0.4 is 4.74 Å². The van der Waals surface area contributed by atoms with Gasteiger partial charge in [-0.1, -0.05) is 0 Å². The van der Waals surface area contributed by atoms with Crippen molar-refractivity contribution in [3.05, 3.63) is 39.0 Å². The molecule has 0 N–H and O–H groups in total. The molecule has 0 bridgehead atoms. The number of fused-ring (bicyclic) bond motifs is 3. The zero-order valence-electron chi connectivity index (χ0n) is 12.1. The molecule has 4 aromatic rings. The summed E-state index contributed by atoms with van der Waals surface area (Å²) in [6.07, 6.45) is 1.37. The lowest BCUT2D eigenvalue weighted by atomic mass is 10.2. The van der Waals surface area contributed by atoms with Crippen molar-refractivity contribution in [3.8, 4) is 11.6 Å². The monoisotopic (exact) mass is 346 g/mol. The van der Waals surface area contributed by atoms with E-state index < -0.39 is 4.92 Å². The van der Waals surface area contributed by atoms with Crippen LogP contribution in [0.25, 0.3) is 20.3 Å². The molecule has 4 rings (SSSR count). The smallest absolute Gasteiger partial charge is 0.427 e. The van der Waals surface area contributed by atoms with E-state index in [0.29, 0.717) is 5.75 Å². The lowest BCUT2D eigenvalue weighted by Gasteiger charge is -2.07. The number of thiazole rings is 1. The second-order valence-electron chi connectivity index (χ2n) is 4.96. The lowest BCUT2D eigenvalue weighted by Crippen LogP contribution is -1.96. The molecule has 0 saturated carbocycles. The molecular formula is C14H10N4O3S2. The molecule has 0 amide bonds. The predicted octanol–water partition coefficient (Wildman–Crippen LogP) is 4.25. The number of hydrogen-bond donors (Lipinski definition) is 0. The number of benzene rings is 1. The number of thiophene rings is 1. The van der Waals surface area contributed by atoms with Gasteiger partial charge >= 0.3 is 11.7 Å². The minimum Gasteiger partial charge on any atom is -0.433 e. The number of aryl methyl sites for hydroxylation is 2. The first-order valence-electron chi connectivity index (χ1n) is 6.65. The standard InChI is InChI=1S/C14H10N4O3S2/c1-7-16-11-10(23-7)5-9(8-3-4-22-12(8)11)21-14-13(18(19)20)15-6-17(14)2/h3-6H,1-2H3. The van der Waals surface area contributed by atoms with Gasteiger partial charge in [0, 0.05) is 18.5 Å². The topological polar surface area (TPSA) is 83.1 Å². The number of nitro groups is 1. The molecule has 0 aliphatic carbocycles. The third-order valence-corrected chi connectivity index (χ3v) is 5.25. The van der Waals surface area contributed by atoms with Crippen molar-refractivity contribution in [2.24, 2.45) is 7.05 Å². The molecule has 0 spiro atoms. The second kappa shape index (κ2) is 5.00. The lowest BCUT2D eigenvalue weighted by molar-refractivity contribution is -0.390. The fourth-order valence-corrected chi connectivity index (χ4v) is 4.26. The minimum absolute atomic E-state index is 0.114. The van der Waals surface area contributed by atoms with E-state index in [0.717, 1.165) is 25.3 Å². The molecule has 116 valence electrons. The Morgan fingerprint density at radius 2 is 2.26 bits per heavy atom. The van der Waals surface area contributed by atoms with Crippen molar-refractivity contribution in [2.75, 3.05) is 0 Å². The molecule has 23 heavy (non-hydrogen) atoms. The Morgan fingerprint density at radius 1 is 1.43 bits per heavy atom. The maximum atomic E-state index is 11.1. The Hall–Kier alpha value is -2.52. The first-order chi connectivity index (χ1) is 11.0. The quantitative estimate of drug-likeness (QED) is 0.409. The Bertz CT molecular complexity index is 1060. The highest BCUT2D eigenvalue weighted by Gasteiger charge is 2.24. The number of imidazole rings is 1. The Labute approximate surface area is 137 Å². The summed E-state index contributed by atoms with van der Waals surface area (Å²) in [5.74, 6) is 0.392. The molecule has 0 radical (unpaired) electrons. The van der Waals surface area contributed by atoms with E-state index in [1.807, 2.05) is 24.4 Å². The van der Waals surface area contributed by atoms with Gasteiger partial charge in [-0.2, -0.15) is 0 Å². The Kier molecular flexibility index (Phi) is 3.06. The van der Waals surface area contributed by atoms with E-state index in [1.165, 1.54) is 10.9 Å². The summed E-state index contributed by atoms with van der Waals surface area (Å²) in [5, 5.41) is 14.9. The summed E-state index contributed by atoms with van der Waals surface area (Å²) in [5.41, 5.74) is 0.948. The molecule has 0 saturated heterocycles. The van der Waals surface area contributed by atoms with Gasteiger partial charge in [-0.25, -0.2) is 4.98 Å². The van der Waals surface area contributed by atoms with Crippen LogP contribution >= 0.6 is 22.7 Å². The average Bonchev–Trinajstić information content (AvgIpc) is 3.17. The zero-order valence-corrected chi connectivity index (χ0v) is 13.8. The molecular weight excluding hydrogens is 336 g/mol. The average molecular weight is 346 g/mol. The van der Waals surface area contributed by atoms with Gasteiger partial charge in [0.05, 0.1) is 19.9 Å². The van der Waals surface area contributed by atoms with E-state index >= 15 is 0 Å². The van der Waals surface area contributed by atoms with Crippen LogP contribution in [-0.2, 0) is 7.05 Å². The fourth-order valence-electron chi connectivity index (χ4n) is 2.42. The van der Waals surface area contributed by atoms with Crippen LogP contribution in [0.1, 0.15) is 5.01 Å². The van der Waals surface area contributed by atoms with Crippen molar-refractivity contribution in [1.29, 1.82) is 0 Å². The van der Waals surface area contributed by atoms with E-state index in [4.69, 9.17) is 4.74 Å². The van der Waals surface area contributed by atoms with Crippen LogP contribution in [0, 0.1) is 17.0 Å². The van der Waals surface area contributed by atoms with Gasteiger partial charge in [0.15, 0.2) is 0 Å². The molecule has 0 aliphatic rings. The number of hydrogen-bond acceptors (Lipinski definition) is 7. The second-order valence-corrected chi connectivity index (χ2v) is 7.11. The van der Waals surface area contributed by atoms with E-state index in [9.17, 15) is 10.1 Å². The van der Waals surface area contributed by atoms with Crippen LogP contribution in [0.3, 0.4) is 0 Å². The number of ether oxygens (including phenoxy) is 1. The normalized spacial score (nSPS) is 11.4. The molecule has 9 heteroatoms. The van der Waals surface area contributed by atoms with E-state index in [2.05, 4.69) is 9.97 Å². The van der Waals surface area contributed by atoms with Crippen molar-refractivity contribution in [3.63, 3.8) is 0 Å². The summed E-state index contributed by atoms with van der Waals surface area (Å²) in [7, 11) is 1.66. The van der Waals surface area contributed by atoms with Gasteiger partial charge in [-0.05, 0) is 28.3 Å². The molecule has 0 atom stereocenters. The van der Waals surface area contributed by atoms with Gasteiger partial charge in [-0.15, -0.1) is 22.7 Å². The maximum absolute atomic E-state index is 11.1. The molecule has 0 aliphatic heterocycles. The SMILES string of the molecule is Cc1nc2c(cc(Oc3c([N+](=O)[O-])ncn3C)c3ccsc32)s1. The van der Waals surface area contributed by atoms with Gasteiger partial charge in [-0.3, -0.25) is 4.57 Å². The molecule has 7 nitrogen and oxygen atoms in total. The molecule has 1 aromatic carbocycles. The largest absolute Gasteiger partial charge is 0.433 e. The summed E-state index contributed by atoms with van der Waals surface area (Å²) in [6, 6.07) is 3.82. The third-order valence-electron chi connectivity index (χ3n) is 3.41. The highest BCUT2D eigenvalue weighted by atomic mass is 32.1. The summed E-state index contributed by atoms with van der Waals surface area (Å²) < 4.78 is 9.39. The maximum Gasteiger partial charge on any atom is 0.427 e. The highest BCUT2D eigenvalue weighted by Crippen LogP contribution is 2.41. The molecule has 3 aromatic heterocycles. The van der Waals surface area contributed by atoms with E-state index in [-0.39, 0.29) is 11.7 Å². The predicted molar refractivity (Wildman–Crippen MR) is 89.7 cm³/mol. The van der Waals surface area contributed by atoms with Gasteiger partial charge < -0.3 is 14.9 Å². The van der Waals surface area contributed by atoms with E-state index in [1.54, 1.807) is 29.7 Å². The molecule has 3 heterocycles.